The van der Waals surface area contributed by atoms with Crippen molar-refractivity contribution in [1.82, 2.24) is 4.57 Å². The second-order valence-corrected chi connectivity index (χ2v) is 3.68. The number of amides is 1. The average Bonchev–Trinajstić information content (AvgIpc) is 2.29. The number of halogens is 1. The highest BCUT2D eigenvalue weighted by molar-refractivity contribution is 5.96. The van der Waals surface area contributed by atoms with Crippen molar-refractivity contribution in [1.29, 1.82) is 0 Å². The van der Waals surface area contributed by atoms with Gasteiger partial charge >= 0.3 is 0 Å². The Bertz CT molecular complexity index is 661. The van der Waals surface area contributed by atoms with Gasteiger partial charge in [0.2, 0.25) is 5.43 Å². The molecule has 4 nitrogen and oxygen atoms in total. The van der Waals surface area contributed by atoms with Crippen LogP contribution in [0, 0.1) is 5.82 Å². The minimum absolute atomic E-state index is 0.120. The molecule has 2 rings (SSSR count). The maximum absolute atomic E-state index is 13.1. The van der Waals surface area contributed by atoms with Crippen molar-refractivity contribution in [2.75, 3.05) is 0 Å². The first kappa shape index (κ1) is 11.3. The van der Waals surface area contributed by atoms with Gasteiger partial charge in [-0.25, -0.2) is 4.39 Å². The lowest BCUT2D eigenvalue weighted by molar-refractivity contribution is 0.0999. The molecule has 1 heterocycles. The molecule has 1 aromatic heterocycles. The molecular weight excluding hydrogens is 223 g/mol. The first-order valence-electron chi connectivity index (χ1n) is 5.17. The molecule has 0 atom stereocenters. The van der Waals surface area contributed by atoms with Gasteiger partial charge in [-0.1, -0.05) is 0 Å². The standard InChI is InChI=1S/C12H11FN2O2/c1-2-15-6-9(12(14)17)11(16)8-5-7(13)3-4-10(8)15/h3-6H,2H2,1H3,(H2,14,17). The summed E-state index contributed by atoms with van der Waals surface area (Å²) in [7, 11) is 0. The van der Waals surface area contributed by atoms with E-state index in [9.17, 15) is 14.0 Å². The van der Waals surface area contributed by atoms with E-state index < -0.39 is 17.2 Å². The molecule has 0 aliphatic rings. The molecule has 1 amide bonds. The molecule has 0 spiro atoms. The zero-order valence-corrected chi connectivity index (χ0v) is 9.24. The van der Waals surface area contributed by atoms with Crippen LogP contribution in [0.15, 0.2) is 29.2 Å². The Hall–Kier alpha value is -2.17. The number of hydrogen-bond donors (Lipinski definition) is 1. The summed E-state index contributed by atoms with van der Waals surface area (Å²) >= 11 is 0. The SMILES string of the molecule is CCn1cc(C(N)=O)c(=O)c2cc(F)ccc21. The highest BCUT2D eigenvalue weighted by atomic mass is 19.1. The van der Waals surface area contributed by atoms with Crippen molar-refractivity contribution in [3.05, 3.63) is 46.0 Å². The van der Waals surface area contributed by atoms with Gasteiger partial charge in [0, 0.05) is 18.1 Å². The minimum atomic E-state index is -0.802. The molecule has 0 saturated carbocycles. The summed E-state index contributed by atoms with van der Waals surface area (Å²) in [4.78, 5) is 23.0. The topological polar surface area (TPSA) is 65.1 Å². The van der Waals surface area contributed by atoms with Gasteiger partial charge in [-0.2, -0.15) is 0 Å². The van der Waals surface area contributed by atoms with Crippen LogP contribution in [0.1, 0.15) is 17.3 Å². The molecular formula is C12H11FN2O2. The number of rotatable bonds is 2. The molecule has 0 radical (unpaired) electrons. The predicted octanol–water partition coefficient (Wildman–Crippen LogP) is 1.26. The number of pyridine rings is 1. The molecule has 88 valence electrons. The van der Waals surface area contributed by atoms with Crippen LogP contribution < -0.4 is 11.2 Å². The normalized spacial score (nSPS) is 10.7. The number of carbonyl (C=O) groups is 1. The van der Waals surface area contributed by atoms with E-state index in [2.05, 4.69) is 0 Å². The fraction of sp³-hybridized carbons (Fsp3) is 0.167. The van der Waals surface area contributed by atoms with Crippen LogP contribution in [-0.2, 0) is 6.54 Å². The monoisotopic (exact) mass is 234 g/mol. The zero-order valence-electron chi connectivity index (χ0n) is 9.24. The van der Waals surface area contributed by atoms with Crippen molar-refractivity contribution in [3.8, 4) is 0 Å². The first-order chi connectivity index (χ1) is 8.04. The van der Waals surface area contributed by atoms with Crippen molar-refractivity contribution >= 4 is 16.8 Å². The van der Waals surface area contributed by atoms with E-state index >= 15 is 0 Å². The van der Waals surface area contributed by atoms with Gasteiger partial charge in [-0.05, 0) is 25.1 Å². The van der Waals surface area contributed by atoms with Crippen LogP contribution >= 0.6 is 0 Å². The second-order valence-electron chi connectivity index (χ2n) is 3.68. The van der Waals surface area contributed by atoms with E-state index in [1.807, 2.05) is 6.92 Å². The van der Waals surface area contributed by atoms with E-state index in [1.165, 1.54) is 18.3 Å². The number of benzene rings is 1. The molecule has 2 N–H and O–H groups in total. The molecule has 2 aromatic rings. The van der Waals surface area contributed by atoms with Crippen LogP contribution in [0.25, 0.3) is 10.9 Å². The number of carbonyl (C=O) groups excluding carboxylic acids is 1. The van der Waals surface area contributed by atoms with Gasteiger partial charge in [-0.3, -0.25) is 9.59 Å². The fourth-order valence-electron chi connectivity index (χ4n) is 1.81. The number of fused-ring (bicyclic) bond motifs is 1. The number of primary amides is 1. The van der Waals surface area contributed by atoms with Gasteiger partial charge in [0.25, 0.3) is 5.91 Å². The number of aryl methyl sites for hydroxylation is 1. The summed E-state index contributed by atoms with van der Waals surface area (Å²) < 4.78 is 14.8. The minimum Gasteiger partial charge on any atom is -0.365 e. The molecule has 0 fully saturated rings. The summed E-state index contributed by atoms with van der Waals surface area (Å²) in [5.41, 5.74) is 5.06. The van der Waals surface area contributed by atoms with E-state index in [1.54, 1.807) is 4.57 Å². The lowest BCUT2D eigenvalue weighted by Crippen LogP contribution is -2.24. The Morgan fingerprint density at radius 3 is 2.76 bits per heavy atom. The summed E-state index contributed by atoms with van der Waals surface area (Å²) in [5, 5.41) is 0.170. The molecule has 5 heteroatoms. The van der Waals surface area contributed by atoms with Crippen LogP contribution in [0.3, 0.4) is 0 Å². The fourth-order valence-corrected chi connectivity index (χ4v) is 1.81. The van der Waals surface area contributed by atoms with Gasteiger partial charge in [0.15, 0.2) is 0 Å². The predicted molar refractivity (Wildman–Crippen MR) is 62.4 cm³/mol. The van der Waals surface area contributed by atoms with E-state index in [4.69, 9.17) is 5.73 Å². The van der Waals surface area contributed by atoms with Gasteiger partial charge in [0.05, 0.1) is 5.52 Å². The second kappa shape index (κ2) is 4.01. The van der Waals surface area contributed by atoms with Crippen LogP contribution in [0.4, 0.5) is 4.39 Å². The lowest BCUT2D eigenvalue weighted by Gasteiger charge is -2.09. The van der Waals surface area contributed by atoms with E-state index in [0.717, 1.165) is 6.07 Å². The Balaban J connectivity index is 2.96. The third-order valence-electron chi connectivity index (χ3n) is 2.65. The summed E-state index contributed by atoms with van der Waals surface area (Å²) in [6.45, 7) is 2.42. The smallest absolute Gasteiger partial charge is 0.254 e. The van der Waals surface area contributed by atoms with Crippen LogP contribution in [0.5, 0.6) is 0 Å². The highest BCUT2D eigenvalue weighted by Crippen LogP contribution is 2.13. The van der Waals surface area contributed by atoms with Gasteiger partial charge in [-0.15, -0.1) is 0 Å². The number of nitrogens with two attached hydrogens (primary N) is 1. The highest BCUT2D eigenvalue weighted by Gasteiger charge is 2.12. The Kier molecular flexibility index (Phi) is 2.67. The maximum Gasteiger partial charge on any atom is 0.254 e. The van der Waals surface area contributed by atoms with Crippen molar-refractivity contribution in [2.24, 2.45) is 5.73 Å². The Morgan fingerprint density at radius 1 is 1.47 bits per heavy atom. The van der Waals surface area contributed by atoms with Gasteiger partial charge < -0.3 is 10.3 Å². The molecule has 0 aliphatic heterocycles. The Morgan fingerprint density at radius 2 is 2.18 bits per heavy atom. The molecule has 0 bridgehead atoms. The third kappa shape index (κ3) is 1.80. The number of nitrogens with zero attached hydrogens (tertiary/aromatic N) is 1. The van der Waals surface area contributed by atoms with Crippen molar-refractivity contribution < 1.29 is 9.18 Å². The van der Waals surface area contributed by atoms with E-state index in [0.29, 0.717) is 12.1 Å². The average molecular weight is 234 g/mol. The molecule has 17 heavy (non-hydrogen) atoms. The molecule has 0 aliphatic carbocycles. The van der Waals surface area contributed by atoms with E-state index in [-0.39, 0.29) is 10.9 Å². The first-order valence-corrected chi connectivity index (χ1v) is 5.17. The Labute approximate surface area is 96.5 Å². The van der Waals surface area contributed by atoms with Crippen molar-refractivity contribution in [2.45, 2.75) is 13.5 Å². The molecule has 0 unspecified atom stereocenters. The maximum atomic E-state index is 13.1. The van der Waals surface area contributed by atoms with Gasteiger partial charge in [0.1, 0.15) is 11.4 Å². The quantitative estimate of drug-likeness (QED) is 0.850. The number of hydrogen-bond acceptors (Lipinski definition) is 2. The molecule has 0 saturated heterocycles. The summed E-state index contributed by atoms with van der Waals surface area (Å²) in [6.07, 6.45) is 1.41. The zero-order chi connectivity index (χ0) is 12.6. The van der Waals surface area contributed by atoms with Crippen LogP contribution in [-0.4, -0.2) is 10.5 Å². The largest absolute Gasteiger partial charge is 0.365 e. The number of aromatic nitrogens is 1. The lowest BCUT2D eigenvalue weighted by atomic mass is 10.1. The van der Waals surface area contributed by atoms with Crippen LogP contribution in [0.2, 0.25) is 0 Å². The third-order valence-corrected chi connectivity index (χ3v) is 2.65. The summed E-state index contributed by atoms with van der Waals surface area (Å²) in [6, 6.07) is 3.91. The van der Waals surface area contributed by atoms with Crippen molar-refractivity contribution in [3.63, 3.8) is 0 Å². The summed E-state index contributed by atoms with van der Waals surface area (Å²) in [5.74, 6) is -1.32. The molecule has 1 aromatic carbocycles.